The minimum atomic E-state index is -0.501. The Bertz CT molecular complexity index is 666. The molecule has 7 nitrogen and oxygen atoms in total. The first-order chi connectivity index (χ1) is 11.5. The Labute approximate surface area is 144 Å². The number of nitrogens with one attached hydrogen (secondary N) is 2. The van der Waals surface area contributed by atoms with Crippen molar-refractivity contribution in [3.8, 4) is 5.75 Å². The maximum absolute atomic E-state index is 12.1. The molecule has 0 aromatic heterocycles. The van der Waals surface area contributed by atoms with Crippen molar-refractivity contribution in [3.05, 3.63) is 24.3 Å². The fourth-order valence-corrected chi connectivity index (χ4v) is 2.83. The highest BCUT2D eigenvalue weighted by Gasteiger charge is 2.32. The topological polar surface area (TPSA) is 92.2 Å². The summed E-state index contributed by atoms with van der Waals surface area (Å²) in [6.45, 7) is 6.12. The van der Waals surface area contributed by atoms with E-state index in [4.69, 9.17) is 4.74 Å². The zero-order valence-electron chi connectivity index (χ0n) is 13.8. The summed E-state index contributed by atoms with van der Waals surface area (Å²) in [5.41, 5.74) is 1.45. The van der Waals surface area contributed by atoms with Gasteiger partial charge in [-0.25, -0.2) is 0 Å². The maximum Gasteiger partial charge on any atom is 0.240 e. The fraction of sp³-hybridized carbons (Fsp3) is 0.375. The van der Waals surface area contributed by atoms with Gasteiger partial charge in [-0.05, 0) is 45.0 Å². The molecule has 8 heteroatoms. The molecular formula is C16H20N4O3S. The molecule has 1 heterocycles. The van der Waals surface area contributed by atoms with Crippen molar-refractivity contribution in [2.75, 3.05) is 11.9 Å². The zero-order valence-corrected chi connectivity index (χ0v) is 14.6. The molecule has 0 spiro atoms. The van der Waals surface area contributed by atoms with Crippen LogP contribution in [0.25, 0.3) is 0 Å². The minimum Gasteiger partial charge on any atom is -0.494 e. The first kappa shape index (κ1) is 18.0. The highest BCUT2D eigenvalue weighted by molar-refractivity contribution is 8.15. The van der Waals surface area contributed by atoms with Gasteiger partial charge >= 0.3 is 0 Å². The van der Waals surface area contributed by atoms with E-state index >= 15 is 0 Å². The number of ether oxygens (including phenoxy) is 1. The fourth-order valence-electron chi connectivity index (χ4n) is 1.91. The van der Waals surface area contributed by atoms with E-state index in [1.807, 2.05) is 20.8 Å². The number of amidine groups is 1. The smallest absolute Gasteiger partial charge is 0.240 e. The van der Waals surface area contributed by atoms with E-state index in [-0.39, 0.29) is 18.2 Å². The van der Waals surface area contributed by atoms with Gasteiger partial charge < -0.3 is 15.4 Å². The predicted molar refractivity (Wildman–Crippen MR) is 96.6 cm³/mol. The van der Waals surface area contributed by atoms with Gasteiger partial charge in [0, 0.05) is 17.8 Å². The van der Waals surface area contributed by atoms with Crippen LogP contribution in [-0.4, -0.2) is 34.6 Å². The SMILES string of the molecule is CCOc1ccc(NC(=O)C[C@@H]2S/C(=N/N=C(C)C)NC2=O)cc1. The molecule has 1 aromatic carbocycles. The van der Waals surface area contributed by atoms with Gasteiger partial charge in [-0.3, -0.25) is 9.59 Å². The first-order valence-corrected chi connectivity index (χ1v) is 8.45. The number of rotatable bonds is 6. The monoisotopic (exact) mass is 348 g/mol. The standard InChI is InChI=1S/C16H20N4O3S/c1-4-23-12-7-5-11(6-8-12)17-14(21)9-13-15(22)18-16(24-13)20-19-10(2)3/h5-8,13H,4,9H2,1-3H3,(H,17,21)(H,18,20,22)/t13-/m0/s1. The van der Waals surface area contributed by atoms with E-state index in [1.54, 1.807) is 24.3 Å². The lowest BCUT2D eigenvalue weighted by atomic mass is 10.2. The summed E-state index contributed by atoms with van der Waals surface area (Å²) in [6, 6.07) is 7.09. The molecule has 2 N–H and O–H groups in total. The van der Waals surface area contributed by atoms with Crippen molar-refractivity contribution in [3.63, 3.8) is 0 Å². The second-order valence-corrected chi connectivity index (χ2v) is 6.45. The molecule has 24 heavy (non-hydrogen) atoms. The molecule has 0 unspecified atom stereocenters. The average molecular weight is 348 g/mol. The molecule has 0 radical (unpaired) electrons. The quantitative estimate of drug-likeness (QED) is 0.610. The van der Waals surface area contributed by atoms with Gasteiger partial charge in [0.15, 0.2) is 5.17 Å². The van der Waals surface area contributed by atoms with Gasteiger partial charge in [0.25, 0.3) is 0 Å². The number of anilines is 1. The number of hydrogen-bond acceptors (Lipinski definition) is 6. The predicted octanol–water partition coefficient (Wildman–Crippen LogP) is 2.40. The Morgan fingerprint density at radius 3 is 2.67 bits per heavy atom. The van der Waals surface area contributed by atoms with Gasteiger partial charge in [-0.15, -0.1) is 5.10 Å². The molecule has 0 aliphatic carbocycles. The molecule has 128 valence electrons. The summed E-state index contributed by atoms with van der Waals surface area (Å²) in [5.74, 6) is 0.279. The van der Waals surface area contributed by atoms with Crippen LogP contribution in [0.5, 0.6) is 5.75 Å². The van der Waals surface area contributed by atoms with Crippen molar-refractivity contribution < 1.29 is 14.3 Å². The lowest BCUT2D eigenvalue weighted by Gasteiger charge is -2.08. The largest absolute Gasteiger partial charge is 0.494 e. The van der Waals surface area contributed by atoms with Crippen LogP contribution in [0, 0.1) is 0 Å². The first-order valence-electron chi connectivity index (χ1n) is 7.57. The van der Waals surface area contributed by atoms with E-state index in [2.05, 4.69) is 20.8 Å². The van der Waals surface area contributed by atoms with Crippen LogP contribution in [0.3, 0.4) is 0 Å². The molecule has 2 amide bonds. The van der Waals surface area contributed by atoms with Gasteiger partial charge in [0.05, 0.1) is 6.61 Å². The van der Waals surface area contributed by atoms with Gasteiger partial charge in [0.2, 0.25) is 11.8 Å². The molecule has 0 bridgehead atoms. The molecule has 1 aliphatic rings. The van der Waals surface area contributed by atoms with E-state index in [9.17, 15) is 9.59 Å². The third-order valence-electron chi connectivity index (χ3n) is 2.94. The van der Waals surface area contributed by atoms with Crippen molar-refractivity contribution in [2.45, 2.75) is 32.4 Å². The third kappa shape index (κ3) is 5.38. The minimum absolute atomic E-state index is 0.0670. The molecule has 2 rings (SSSR count). The summed E-state index contributed by atoms with van der Waals surface area (Å²) in [5, 5.41) is 13.1. The molecule has 1 atom stereocenters. The van der Waals surface area contributed by atoms with Crippen molar-refractivity contribution in [1.29, 1.82) is 0 Å². The van der Waals surface area contributed by atoms with E-state index in [0.717, 1.165) is 11.5 Å². The van der Waals surface area contributed by atoms with Crippen molar-refractivity contribution >= 4 is 40.1 Å². The molecule has 1 saturated heterocycles. The van der Waals surface area contributed by atoms with Gasteiger partial charge in [-0.1, -0.05) is 11.8 Å². The number of amides is 2. The Balaban J connectivity index is 1.89. The van der Waals surface area contributed by atoms with Crippen LogP contribution in [-0.2, 0) is 9.59 Å². The summed E-state index contributed by atoms with van der Waals surface area (Å²) in [4.78, 5) is 24.0. The lowest BCUT2D eigenvalue weighted by molar-refractivity contribution is -0.122. The van der Waals surface area contributed by atoms with Crippen LogP contribution in [0.1, 0.15) is 27.2 Å². The molecule has 1 fully saturated rings. The summed E-state index contributed by atoms with van der Waals surface area (Å²) in [7, 11) is 0. The molecule has 0 saturated carbocycles. The van der Waals surface area contributed by atoms with E-state index in [0.29, 0.717) is 17.5 Å². The number of carbonyl (C=O) groups is 2. The Morgan fingerprint density at radius 2 is 2.04 bits per heavy atom. The zero-order chi connectivity index (χ0) is 17.5. The van der Waals surface area contributed by atoms with E-state index in [1.165, 1.54) is 11.8 Å². The van der Waals surface area contributed by atoms with Gasteiger partial charge in [0.1, 0.15) is 11.0 Å². The molecular weight excluding hydrogens is 328 g/mol. The Kier molecular flexibility index (Phi) is 6.36. The highest BCUT2D eigenvalue weighted by Crippen LogP contribution is 2.23. The van der Waals surface area contributed by atoms with Crippen LogP contribution in [0.4, 0.5) is 5.69 Å². The summed E-state index contributed by atoms with van der Waals surface area (Å²) >= 11 is 1.21. The second kappa shape index (κ2) is 8.49. The van der Waals surface area contributed by atoms with E-state index < -0.39 is 5.25 Å². The van der Waals surface area contributed by atoms with Crippen LogP contribution < -0.4 is 15.4 Å². The number of carbonyl (C=O) groups excluding carboxylic acids is 2. The average Bonchev–Trinajstić information content (AvgIpc) is 2.87. The van der Waals surface area contributed by atoms with Gasteiger partial charge in [-0.2, -0.15) is 5.10 Å². The highest BCUT2D eigenvalue weighted by atomic mass is 32.2. The third-order valence-corrected chi connectivity index (χ3v) is 4.01. The number of thioether (sulfide) groups is 1. The summed E-state index contributed by atoms with van der Waals surface area (Å²) in [6.07, 6.45) is 0.0670. The van der Waals surface area contributed by atoms with Crippen molar-refractivity contribution in [1.82, 2.24) is 5.32 Å². The molecule has 1 aliphatic heterocycles. The second-order valence-electron chi connectivity index (χ2n) is 5.26. The Morgan fingerprint density at radius 1 is 1.33 bits per heavy atom. The molecule has 1 aromatic rings. The maximum atomic E-state index is 12.1. The van der Waals surface area contributed by atoms with Crippen LogP contribution in [0.2, 0.25) is 0 Å². The number of benzene rings is 1. The lowest BCUT2D eigenvalue weighted by Crippen LogP contribution is -2.28. The van der Waals surface area contributed by atoms with Crippen LogP contribution in [0.15, 0.2) is 34.5 Å². The normalized spacial score (nSPS) is 18.2. The summed E-state index contributed by atoms with van der Waals surface area (Å²) < 4.78 is 5.35. The Hall–Kier alpha value is -2.35. The number of hydrogen-bond donors (Lipinski definition) is 2. The van der Waals surface area contributed by atoms with Crippen LogP contribution >= 0.6 is 11.8 Å². The number of nitrogens with zero attached hydrogens (tertiary/aromatic N) is 2. The van der Waals surface area contributed by atoms with Crippen molar-refractivity contribution in [2.24, 2.45) is 10.2 Å².